The van der Waals surface area contributed by atoms with Crippen LogP contribution in [0.25, 0.3) is 0 Å². The fourth-order valence-corrected chi connectivity index (χ4v) is 2.89. The molecule has 1 unspecified atom stereocenters. The van der Waals surface area contributed by atoms with Gasteiger partial charge in [0.2, 0.25) is 0 Å². The number of nitrogens with zero attached hydrogens (tertiary/aromatic N) is 2. The number of hydrogen-bond acceptors (Lipinski definition) is 5. The van der Waals surface area contributed by atoms with E-state index in [1.807, 2.05) is 0 Å². The third-order valence-corrected chi connectivity index (χ3v) is 3.85. The van der Waals surface area contributed by atoms with Gasteiger partial charge in [0.1, 0.15) is 6.10 Å². The van der Waals surface area contributed by atoms with Crippen LogP contribution in [-0.4, -0.2) is 55.9 Å². The molecule has 2 rings (SSSR count). The summed E-state index contributed by atoms with van der Waals surface area (Å²) in [6.45, 7) is 7.72. The summed E-state index contributed by atoms with van der Waals surface area (Å²) in [5.74, 6) is -0.229. The van der Waals surface area contributed by atoms with Gasteiger partial charge in [-0.3, -0.25) is 9.79 Å². The standard InChI is InChI=1S/C14H23N3O2/c1-10(17-8-6-16-7-9-17)12-4-5-13(14(12)15-3)19-11(2)18/h13,16H,4-9H2,1-3H3. The van der Waals surface area contributed by atoms with Gasteiger partial charge in [0.15, 0.2) is 0 Å². The largest absolute Gasteiger partial charge is 0.456 e. The number of esters is 1. The maximum atomic E-state index is 11.1. The van der Waals surface area contributed by atoms with Gasteiger partial charge in [0.25, 0.3) is 0 Å². The molecule has 5 nitrogen and oxygen atoms in total. The number of piperazine rings is 1. The lowest BCUT2D eigenvalue weighted by Gasteiger charge is -2.31. The van der Waals surface area contributed by atoms with Crippen LogP contribution in [0.4, 0.5) is 0 Å². The lowest BCUT2D eigenvalue weighted by molar-refractivity contribution is -0.143. The molecule has 0 amide bonds. The zero-order chi connectivity index (χ0) is 13.8. The second-order valence-corrected chi connectivity index (χ2v) is 5.05. The zero-order valence-electron chi connectivity index (χ0n) is 12.0. The molecule has 0 bridgehead atoms. The number of hydrogen-bond donors (Lipinski definition) is 1. The van der Waals surface area contributed by atoms with Crippen LogP contribution in [0, 0.1) is 0 Å². The molecule has 106 valence electrons. The molecule has 19 heavy (non-hydrogen) atoms. The molecule has 0 radical (unpaired) electrons. The smallest absolute Gasteiger partial charge is 0.303 e. The Bertz CT molecular complexity index is 409. The fraction of sp³-hybridized carbons (Fsp3) is 0.714. The minimum absolute atomic E-state index is 0.157. The van der Waals surface area contributed by atoms with Crippen molar-refractivity contribution in [2.24, 2.45) is 4.99 Å². The molecular formula is C14H23N3O2. The molecule has 2 aliphatic rings. The van der Waals surface area contributed by atoms with Gasteiger partial charge in [-0.2, -0.15) is 0 Å². The minimum atomic E-state index is -0.229. The summed E-state index contributed by atoms with van der Waals surface area (Å²) < 4.78 is 5.35. The maximum absolute atomic E-state index is 11.1. The number of rotatable bonds is 2. The molecule has 1 atom stereocenters. The molecule has 1 aliphatic heterocycles. The third kappa shape index (κ3) is 3.15. The highest BCUT2D eigenvalue weighted by atomic mass is 16.5. The Balaban J connectivity index is 2.17. The molecular weight excluding hydrogens is 242 g/mol. The van der Waals surface area contributed by atoms with Crippen molar-refractivity contribution in [2.45, 2.75) is 32.8 Å². The van der Waals surface area contributed by atoms with Crippen molar-refractivity contribution in [3.8, 4) is 0 Å². The van der Waals surface area contributed by atoms with Crippen LogP contribution in [0.2, 0.25) is 0 Å². The van der Waals surface area contributed by atoms with E-state index < -0.39 is 0 Å². The first kappa shape index (κ1) is 14.1. The van der Waals surface area contributed by atoms with Gasteiger partial charge < -0.3 is 15.0 Å². The van der Waals surface area contributed by atoms with E-state index in [0.717, 1.165) is 44.7 Å². The van der Waals surface area contributed by atoms with Gasteiger partial charge in [-0.15, -0.1) is 0 Å². The summed E-state index contributed by atoms with van der Waals surface area (Å²) in [7, 11) is 1.78. The molecule has 1 aliphatic carbocycles. The zero-order valence-corrected chi connectivity index (χ0v) is 12.0. The fourth-order valence-electron chi connectivity index (χ4n) is 2.89. The van der Waals surface area contributed by atoms with E-state index in [0.29, 0.717) is 0 Å². The molecule has 0 spiro atoms. The first-order chi connectivity index (χ1) is 9.13. The van der Waals surface area contributed by atoms with Crippen molar-refractivity contribution in [3.63, 3.8) is 0 Å². The Hall–Kier alpha value is -1.36. The molecule has 1 saturated heterocycles. The van der Waals surface area contributed by atoms with E-state index in [4.69, 9.17) is 4.74 Å². The number of ether oxygens (including phenoxy) is 1. The van der Waals surface area contributed by atoms with E-state index in [9.17, 15) is 4.79 Å². The number of carbonyl (C=O) groups excluding carboxylic acids is 1. The van der Waals surface area contributed by atoms with Crippen molar-refractivity contribution in [1.29, 1.82) is 0 Å². The normalized spacial score (nSPS) is 28.7. The predicted molar refractivity (Wildman–Crippen MR) is 75.3 cm³/mol. The van der Waals surface area contributed by atoms with Crippen molar-refractivity contribution in [2.75, 3.05) is 33.2 Å². The van der Waals surface area contributed by atoms with Gasteiger partial charge in [0, 0.05) is 45.8 Å². The number of allylic oxidation sites excluding steroid dienone is 1. The third-order valence-electron chi connectivity index (χ3n) is 3.85. The monoisotopic (exact) mass is 265 g/mol. The van der Waals surface area contributed by atoms with Crippen molar-refractivity contribution in [1.82, 2.24) is 10.2 Å². The Morgan fingerprint density at radius 3 is 2.63 bits per heavy atom. The predicted octanol–water partition coefficient (Wildman–Crippen LogP) is 0.962. The van der Waals surface area contributed by atoms with Crippen molar-refractivity contribution < 1.29 is 9.53 Å². The summed E-state index contributed by atoms with van der Waals surface area (Å²) in [5, 5.41) is 3.36. The molecule has 5 heteroatoms. The molecule has 1 heterocycles. The number of nitrogens with one attached hydrogen (secondary N) is 1. The van der Waals surface area contributed by atoms with Crippen molar-refractivity contribution >= 4 is 11.7 Å². The summed E-state index contributed by atoms with van der Waals surface area (Å²) in [4.78, 5) is 17.9. The molecule has 0 aromatic rings. The Labute approximate surface area is 114 Å². The first-order valence-corrected chi connectivity index (χ1v) is 6.93. The quantitative estimate of drug-likeness (QED) is 0.756. The lowest BCUT2D eigenvalue weighted by atomic mass is 10.1. The van der Waals surface area contributed by atoms with Crippen LogP contribution < -0.4 is 5.32 Å². The van der Waals surface area contributed by atoms with Gasteiger partial charge in [0.05, 0.1) is 5.71 Å². The topological polar surface area (TPSA) is 53.9 Å². The van der Waals surface area contributed by atoms with E-state index >= 15 is 0 Å². The highest BCUT2D eigenvalue weighted by Crippen LogP contribution is 2.29. The van der Waals surface area contributed by atoms with Crippen LogP contribution in [0.15, 0.2) is 16.3 Å². The van der Waals surface area contributed by atoms with Crippen LogP contribution in [-0.2, 0) is 9.53 Å². The molecule has 1 N–H and O–H groups in total. The Kier molecular flexibility index (Phi) is 4.58. The summed E-state index contributed by atoms with van der Waals surface area (Å²) >= 11 is 0. The summed E-state index contributed by atoms with van der Waals surface area (Å²) in [5.41, 5.74) is 3.50. The molecule has 0 aromatic heterocycles. The van der Waals surface area contributed by atoms with Crippen molar-refractivity contribution in [3.05, 3.63) is 11.3 Å². The van der Waals surface area contributed by atoms with Crippen LogP contribution in [0.3, 0.4) is 0 Å². The Morgan fingerprint density at radius 1 is 1.37 bits per heavy atom. The lowest BCUT2D eigenvalue weighted by Crippen LogP contribution is -2.43. The Morgan fingerprint density at radius 2 is 2.05 bits per heavy atom. The average molecular weight is 265 g/mol. The second-order valence-electron chi connectivity index (χ2n) is 5.05. The second kappa shape index (κ2) is 6.19. The first-order valence-electron chi connectivity index (χ1n) is 6.93. The highest BCUT2D eigenvalue weighted by molar-refractivity contribution is 6.06. The number of carbonyl (C=O) groups is 1. The van der Waals surface area contributed by atoms with E-state index in [1.165, 1.54) is 18.2 Å². The van der Waals surface area contributed by atoms with E-state index in [2.05, 4.69) is 22.1 Å². The highest BCUT2D eigenvalue weighted by Gasteiger charge is 2.31. The van der Waals surface area contributed by atoms with Crippen LogP contribution in [0.1, 0.15) is 26.7 Å². The SMILES string of the molecule is CN=C1C(=C(C)N2CCNCC2)CCC1OC(C)=O. The molecule has 0 aromatic carbocycles. The summed E-state index contributed by atoms with van der Waals surface area (Å²) in [6, 6.07) is 0. The van der Waals surface area contributed by atoms with Gasteiger partial charge in [-0.05, 0) is 25.3 Å². The average Bonchev–Trinajstić information content (AvgIpc) is 2.80. The van der Waals surface area contributed by atoms with Gasteiger partial charge in [-0.25, -0.2) is 0 Å². The van der Waals surface area contributed by atoms with Crippen LogP contribution in [0.5, 0.6) is 0 Å². The van der Waals surface area contributed by atoms with Gasteiger partial charge >= 0.3 is 5.97 Å². The van der Waals surface area contributed by atoms with E-state index in [1.54, 1.807) is 7.05 Å². The molecule has 1 saturated carbocycles. The number of aliphatic imine (C=N–C) groups is 1. The minimum Gasteiger partial charge on any atom is -0.456 e. The molecule has 2 fully saturated rings. The van der Waals surface area contributed by atoms with Crippen LogP contribution >= 0.6 is 0 Å². The summed E-state index contributed by atoms with van der Waals surface area (Å²) in [6.07, 6.45) is 1.64. The van der Waals surface area contributed by atoms with Gasteiger partial charge in [-0.1, -0.05) is 0 Å². The maximum Gasteiger partial charge on any atom is 0.303 e. The van der Waals surface area contributed by atoms with E-state index in [-0.39, 0.29) is 12.1 Å².